The van der Waals surface area contributed by atoms with Gasteiger partial charge >= 0.3 is 5.97 Å². The van der Waals surface area contributed by atoms with Crippen molar-refractivity contribution in [2.75, 3.05) is 19.8 Å². The quantitative estimate of drug-likeness (QED) is 0.877. The van der Waals surface area contributed by atoms with Crippen molar-refractivity contribution in [3.63, 3.8) is 0 Å². The Balaban J connectivity index is 1.86. The van der Waals surface area contributed by atoms with Crippen LogP contribution in [0.5, 0.6) is 0 Å². The lowest BCUT2D eigenvalue weighted by molar-refractivity contribution is -0.138. The van der Waals surface area contributed by atoms with Gasteiger partial charge in [-0.3, -0.25) is 9.59 Å². The third-order valence-corrected chi connectivity index (χ3v) is 3.97. The molecule has 0 saturated carbocycles. The van der Waals surface area contributed by atoms with Crippen LogP contribution in [-0.2, 0) is 9.53 Å². The zero-order valence-corrected chi connectivity index (χ0v) is 13.0. The first-order chi connectivity index (χ1) is 11.6. The highest BCUT2D eigenvalue weighted by Crippen LogP contribution is 2.19. The van der Waals surface area contributed by atoms with Gasteiger partial charge in [-0.05, 0) is 31.0 Å². The normalized spacial score (nSPS) is 15.2. The standard InChI is InChI=1S/C16H18N4O4/c21-15(22)9-19(13-4-6-24-7-5-13)16(23)12-2-1-3-14(8-12)20-11-17-10-18-20/h1-3,8,10-11,13H,4-7,9H2,(H,21,22). The van der Waals surface area contributed by atoms with E-state index in [1.165, 1.54) is 17.6 Å². The van der Waals surface area contributed by atoms with Gasteiger partial charge in [-0.15, -0.1) is 0 Å². The number of hydrogen-bond acceptors (Lipinski definition) is 5. The number of rotatable bonds is 5. The lowest BCUT2D eigenvalue weighted by atomic mass is 10.0. The van der Waals surface area contributed by atoms with Gasteiger partial charge in [-0.1, -0.05) is 6.07 Å². The zero-order chi connectivity index (χ0) is 16.9. The van der Waals surface area contributed by atoms with Gasteiger partial charge in [-0.2, -0.15) is 5.10 Å². The average molecular weight is 330 g/mol. The van der Waals surface area contributed by atoms with Crippen LogP contribution in [0, 0.1) is 0 Å². The predicted octanol–water partition coefficient (Wildman–Crippen LogP) is 0.973. The first-order valence-corrected chi connectivity index (χ1v) is 7.71. The van der Waals surface area contributed by atoms with E-state index < -0.39 is 5.97 Å². The van der Waals surface area contributed by atoms with Crippen LogP contribution in [0.2, 0.25) is 0 Å². The molecule has 0 radical (unpaired) electrons. The number of aliphatic carboxylic acids is 1. The molecule has 1 amide bonds. The summed E-state index contributed by atoms with van der Waals surface area (Å²) in [5, 5.41) is 13.2. The number of hydrogen-bond donors (Lipinski definition) is 1. The highest BCUT2D eigenvalue weighted by Gasteiger charge is 2.28. The smallest absolute Gasteiger partial charge is 0.323 e. The first-order valence-electron chi connectivity index (χ1n) is 7.71. The Morgan fingerprint density at radius 2 is 2.12 bits per heavy atom. The SMILES string of the molecule is O=C(O)CN(C(=O)c1cccc(-n2cncn2)c1)C1CCOCC1. The molecule has 3 rings (SSSR count). The van der Waals surface area contributed by atoms with Crippen molar-refractivity contribution in [2.24, 2.45) is 0 Å². The molecule has 1 N–H and O–H groups in total. The molecule has 0 unspecified atom stereocenters. The Labute approximate surface area is 138 Å². The van der Waals surface area contributed by atoms with E-state index in [4.69, 9.17) is 9.84 Å². The fourth-order valence-corrected chi connectivity index (χ4v) is 2.80. The summed E-state index contributed by atoms with van der Waals surface area (Å²) in [5.41, 5.74) is 1.12. The fraction of sp³-hybridized carbons (Fsp3) is 0.375. The Morgan fingerprint density at radius 3 is 2.79 bits per heavy atom. The van der Waals surface area contributed by atoms with Crippen molar-refractivity contribution in [1.29, 1.82) is 0 Å². The van der Waals surface area contributed by atoms with E-state index in [-0.39, 0.29) is 18.5 Å². The molecule has 0 atom stereocenters. The van der Waals surface area contributed by atoms with Gasteiger partial charge in [0, 0.05) is 24.8 Å². The minimum absolute atomic E-state index is 0.127. The van der Waals surface area contributed by atoms with Gasteiger partial charge in [-0.25, -0.2) is 9.67 Å². The van der Waals surface area contributed by atoms with E-state index in [9.17, 15) is 9.59 Å². The number of carboxylic acids is 1. The lowest BCUT2D eigenvalue weighted by Crippen LogP contribution is -2.46. The van der Waals surface area contributed by atoms with Gasteiger partial charge in [0.25, 0.3) is 5.91 Å². The van der Waals surface area contributed by atoms with Crippen molar-refractivity contribution in [2.45, 2.75) is 18.9 Å². The molecule has 1 aliphatic heterocycles. The molecule has 2 aromatic rings. The maximum Gasteiger partial charge on any atom is 0.323 e. The van der Waals surface area contributed by atoms with E-state index in [0.29, 0.717) is 37.3 Å². The second-order valence-corrected chi connectivity index (χ2v) is 5.56. The van der Waals surface area contributed by atoms with E-state index >= 15 is 0 Å². The number of carbonyl (C=O) groups is 2. The fourth-order valence-electron chi connectivity index (χ4n) is 2.80. The third kappa shape index (κ3) is 3.60. The summed E-state index contributed by atoms with van der Waals surface area (Å²) < 4.78 is 6.85. The van der Waals surface area contributed by atoms with Gasteiger partial charge in [0.1, 0.15) is 19.2 Å². The number of amides is 1. The van der Waals surface area contributed by atoms with E-state index in [2.05, 4.69) is 10.1 Å². The summed E-state index contributed by atoms with van der Waals surface area (Å²) in [6.45, 7) is 0.747. The van der Waals surface area contributed by atoms with E-state index in [1.54, 1.807) is 28.9 Å². The maximum atomic E-state index is 12.9. The molecule has 1 aromatic heterocycles. The number of ether oxygens (including phenoxy) is 1. The van der Waals surface area contributed by atoms with Crippen molar-refractivity contribution >= 4 is 11.9 Å². The molecule has 24 heavy (non-hydrogen) atoms. The zero-order valence-electron chi connectivity index (χ0n) is 13.0. The molecular formula is C16H18N4O4. The summed E-state index contributed by atoms with van der Waals surface area (Å²) in [5.74, 6) is -1.33. The first kappa shape index (κ1) is 16.1. The van der Waals surface area contributed by atoms with Crippen LogP contribution in [0.3, 0.4) is 0 Å². The molecule has 2 heterocycles. The van der Waals surface area contributed by atoms with Crippen LogP contribution in [0.1, 0.15) is 23.2 Å². The Bertz CT molecular complexity index is 711. The summed E-state index contributed by atoms with van der Waals surface area (Å²) in [4.78, 5) is 29.4. The third-order valence-electron chi connectivity index (χ3n) is 3.97. The molecule has 0 aliphatic carbocycles. The van der Waals surface area contributed by atoms with Crippen molar-refractivity contribution in [3.8, 4) is 5.69 Å². The van der Waals surface area contributed by atoms with Gasteiger partial charge in [0.2, 0.25) is 0 Å². The second kappa shape index (κ2) is 7.22. The van der Waals surface area contributed by atoms with Crippen molar-refractivity contribution in [1.82, 2.24) is 19.7 Å². The van der Waals surface area contributed by atoms with Gasteiger partial charge in [0.05, 0.1) is 5.69 Å². The Kier molecular flexibility index (Phi) is 4.85. The molecule has 126 valence electrons. The highest BCUT2D eigenvalue weighted by molar-refractivity contribution is 5.96. The number of benzene rings is 1. The van der Waals surface area contributed by atoms with Crippen LogP contribution < -0.4 is 0 Å². The molecule has 1 aliphatic rings. The van der Waals surface area contributed by atoms with Crippen molar-refractivity contribution < 1.29 is 19.4 Å². The summed E-state index contributed by atoms with van der Waals surface area (Å²) in [6, 6.07) is 6.79. The minimum atomic E-state index is -1.03. The molecule has 0 bridgehead atoms. The number of nitrogens with zero attached hydrogens (tertiary/aromatic N) is 4. The summed E-state index contributed by atoms with van der Waals surface area (Å²) >= 11 is 0. The largest absolute Gasteiger partial charge is 0.480 e. The highest BCUT2D eigenvalue weighted by atomic mass is 16.5. The number of carbonyl (C=O) groups excluding carboxylic acids is 1. The van der Waals surface area contributed by atoms with Crippen molar-refractivity contribution in [3.05, 3.63) is 42.5 Å². The average Bonchev–Trinajstić information content (AvgIpc) is 3.14. The molecule has 0 spiro atoms. The second-order valence-electron chi connectivity index (χ2n) is 5.56. The van der Waals surface area contributed by atoms with Gasteiger partial charge in [0.15, 0.2) is 0 Å². The Hall–Kier alpha value is -2.74. The number of carboxylic acid groups (broad SMARTS) is 1. The molecular weight excluding hydrogens is 312 g/mol. The molecule has 1 saturated heterocycles. The van der Waals surface area contributed by atoms with E-state index in [0.717, 1.165) is 0 Å². The molecule has 8 heteroatoms. The maximum absolute atomic E-state index is 12.9. The molecule has 1 fully saturated rings. The minimum Gasteiger partial charge on any atom is -0.480 e. The summed E-state index contributed by atoms with van der Waals surface area (Å²) in [6.07, 6.45) is 4.23. The predicted molar refractivity (Wildman–Crippen MR) is 83.9 cm³/mol. The van der Waals surface area contributed by atoms with Crippen LogP contribution in [0.15, 0.2) is 36.9 Å². The van der Waals surface area contributed by atoms with Crippen LogP contribution in [0.4, 0.5) is 0 Å². The molecule has 8 nitrogen and oxygen atoms in total. The monoisotopic (exact) mass is 330 g/mol. The van der Waals surface area contributed by atoms with Gasteiger partial charge < -0.3 is 14.7 Å². The van der Waals surface area contributed by atoms with E-state index in [1.807, 2.05) is 0 Å². The van der Waals surface area contributed by atoms with Crippen LogP contribution in [-0.4, -0.2) is 62.4 Å². The lowest BCUT2D eigenvalue weighted by Gasteiger charge is -2.33. The topological polar surface area (TPSA) is 97.6 Å². The summed E-state index contributed by atoms with van der Waals surface area (Å²) in [7, 11) is 0. The van der Waals surface area contributed by atoms with Crippen LogP contribution >= 0.6 is 0 Å². The van der Waals surface area contributed by atoms with Crippen LogP contribution in [0.25, 0.3) is 5.69 Å². The Morgan fingerprint density at radius 1 is 1.33 bits per heavy atom. The molecule has 1 aromatic carbocycles. The number of aromatic nitrogens is 3.